The first-order valence-electron chi connectivity index (χ1n) is 8.30. The van der Waals surface area contributed by atoms with Gasteiger partial charge in [0.2, 0.25) is 0 Å². The van der Waals surface area contributed by atoms with Gasteiger partial charge >= 0.3 is 0 Å². The summed E-state index contributed by atoms with van der Waals surface area (Å²) in [5.74, 6) is 2.64. The summed E-state index contributed by atoms with van der Waals surface area (Å²) in [4.78, 5) is 2.76. The molecule has 0 aromatic carbocycles. The molecule has 0 bridgehead atoms. The molecular formula is C17H35N. The maximum Gasteiger partial charge on any atom is 0.00696 e. The Hall–Kier alpha value is -0.0400. The van der Waals surface area contributed by atoms with Crippen molar-refractivity contribution in [3.05, 3.63) is 0 Å². The minimum absolute atomic E-state index is 0.790. The number of rotatable bonds is 6. The van der Waals surface area contributed by atoms with Crippen molar-refractivity contribution in [1.29, 1.82) is 0 Å². The lowest BCUT2D eigenvalue weighted by molar-refractivity contribution is 0.185. The molecule has 1 aliphatic rings. The fourth-order valence-corrected chi connectivity index (χ4v) is 3.41. The van der Waals surface area contributed by atoms with Gasteiger partial charge in [0.25, 0.3) is 0 Å². The molecule has 0 saturated carbocycles. The molecule has 1 rings (SSSR count). The van der Waals surface area contributed by atoms with Crippen LogP contribution in [0.15, 0.2) is 0 Å². The lowest BCUT2D eigenvalue weighted by Crippen LogP contribution is -2.35. The molecule has 18 heavy (non-hydrogen) atoms. The van der Waals surface area contributed by atoms with Gasteiger partial charge in [-0.05, 0) is 44.1 Å². The minimum atomic E-state index is 0.790. The summed E-state index contributed by atoms with van der Waals surface area (Å²) in [5.41, 5.74) is 0. The zero-order valence-electron chi connectivity index (χ0n) is 13.4. The molecule has 4 unspecified atom stereocenters. The van der Waals surface area contributed by atoms with E-state index in [1.165, 1.54) is 51.6 Å². The highest BCUT2D eigenvalue weighted by Gasteiger charge is 2.29. The van der Waals surface area contributed by atoms with E-state index >= 15 is 0 Å². The third kappa shape index (κ3) is 4.91. The molecule has 0 N–H and O–H groups in total. The summed E-state index contributed by atoms with van der Waals surface area (Å²) in [6.07, 6.45) is 8.42. The molecule has 1 nitrogen and oxygen atoms in total. The lowest BCUT2D eigenvalue weighted by atomic mass is 9.84. The zero-order chi connectivity index (χ0) is 13.5. The SMILES string of the molecule is CCCCCCCN1CC(C)C(C)C(C)CC1C. The van der Waals surface area contributed by atoms with Crippen LogP contribution in [0.4, 0.5) is 0 Å². The first kappa shape index (κ1) is 16.0. The zero-order valence-corrected chi connectivity index (χ0v) is 13.4. The van der Waals surface area contributed by atoms with Gasteiger partial charge in [-0.25, -0.2) is 0 Å². The van der Waals surface area contributed by atoms with Crippen LogP contribution in [-0.2, 0) is 0 Å². The van der Waals surface area contributed by atoms with Crippen LogP contribution >= 0.6 is 0 Å². The van der Waals surface area contributed by atoms with Gasteiger partial charge in [0.1, 0.15) is 0 Å². The van der Waals surface area contributed by atoms with E-state index < -0.39 is 0 Å². The van der Waals surface area contributed by atoms with Gasteiger partial charge in [0.05, 0.1) is 0 Å². The van der Waals surface area contributed by atoms with Crippen molar-refractivity contribution >= 4 is 0 Å². The van der Waals surface area contributed by atoms with Crippen molar-refractivity contribution in [2.45, 2.75) is 79.2 Å². The third-order valence-corrected chi connectivity index (χ3v) is 5.20. The van der Waals surface area contributed by atoms with E-state index in [9.17, 15) is 0 Å². The van der Waals surface area contributed by atoms with Crippen LogP contribution in [0.5, 0.6) is 0 Å². The van der Waals surface area contributed by atoms with Crippen molar-refractivity contribution in [1.82, 2.24) is 4.90 Å². The molecule has 1 aliphatic heterocycles. The van der Waals surface area contributed by atoms with E-state index in [0.717, 1.165) is 23.8 Å². The summed E-state index contributed by atoms with van der Waals surface area (Å²) >= 11 is 0. The Morgan fingerprint density at radius 2 is 1.56 bits per heavy atom. The minimum Gasteiger partial charge on any atom is -0.300 e. The summed E-state index contributed by atoms with van der Waals surface area (Å²) in [6.45, 7) is 14.7. The van der Waals surface area contributed by atoms with Crippen LogP contribution in [0, 0.1) is 17.8 Å². The van der Waals surface area contributed by atoms with Crippen LogP contribution in [0.1, 0.15) is 73.1 Å². The highest BCUT2D eigenvalue weighted by molar-refractivity contribution is 4.82. The number of hydrogen-bond acceptors (Lipinski definition) is 1. The summed E-state index contributed by atoms with van der Waals surface area (Å²) in [6, 6.07) is 0.790. The van der Waals surface area contributed by atoms with E-state index in [1.54, 1.807) is 0 Å². The molecule has 1 saturated heterocycles. The molecular weight excluding hydrogens is 218 g/mol. The van der Waals surface area contributed by atoms with Gasteiger partial charge in [0.15, 0.2) is 0 Å². The molecule has 0 spiro atoms. The molecule has 0 amide bonds. The summed E-state index contributed by atoms with van der Waals surface area (Å²) < 4.78 is 0. The summed E-state index contributed by atoms with van der Waals surface area (Å²) in [7, 11) is 0. The molecule has 0 radical (unpaired) electrons. The molecule has 0 aromatic rings. The van der Waals surface area contributed by atoms with E-state index in [2.05, 4.69) is 39.5 Å². The predicted molar refractivity (Wildman–Crippen MR) is 81.9 cm³/mol. The Bertz CT molecular complexity index is 214. The average Bonchev–Trinajstić information content (AvgIpc) is 2.42. The smallest absolute Gasteiger partial charge is 0.00696 e. The predicted octanol–water partition coefficient (Wildman–Crippen LogP) is 4.96. The van der Waals surface area contributed by atoms with Gasteiger partial charge in [-0.3, -0.25) is 0 Å². The van der Waals surface area contributed by atoms with Crippen molar-refractivity contribution < 1.29 is 0 Å². The highest BCUT2D eigenvalue weighted by atomic mass is 15.2. The fourth-order valence-electron chi connectivity index (χ4n) is 3.41. The fraction of sp³-hybridized carbons (Fsp3) is 1.00. The highest BCUT2D eigenvalue weighted by Crippen LogP contribution is 2.31. The van der Waals surface area contributed by atoms with Crippen LogP contribution in [-0.4, -0.2) is 24.0 Å². The molecule has 1 heteroatoms. The molecule has 1 fully saturated rings. The second-order valence-corrected chi connectivity index (χ2v) is 6.81. The van der Waals surface area contributed by atoms with Crippen molar-refractivity contribution in [3.63, 3.8) is 0 Å². The van der Waals surface area contributed by atoms with E-state index in [0.29, 0.717) is 0 Å². The van der Waals surface area contributed by atoms with E-state index in [-0.39, 0.29) is 0 Å². The number of hydrogen-bond donors (Lipinski definition) is 0. The topological polar surface area (TPSA) is 3.24 Å². The van der Waals surface area contributed by atoms with Crippen molar-refractivity contribution in [3.8, 4) is 0 Å². The number of nitrogens with zero attached hydrogens (tertiary/aromatic N) is 1. The Morgan fingerprint density at radius 1 is 0.889 bits per heavy atom. The van der Waals surface area contributed by atoms with Gasteiger partial charge < -0.3 is 4.90 Å². The lowest BCUT2D eigenvalue weighted by Gasteiger charge is -2.28. The Kier molecular flexibility index (Phi) is 7.29. The molecule has 4 atom stereocenters. The van der Waals surface area contributed by atoms with Crippen LogP contribution in [0.3, 0.4) is 0 Å². The second kappa shape index (κ2) is 8.19. The second-order valence-electron chi connectivity index (χ2n) is 6.81. The Balaban J connectivity index is 2.34. The average molecular weight is 253 g/mol. The van der Waals surface area contributed by atoms with Crippen molar-refractivity contribution in [2.24, 2.45) is 17.8 Å². The van der Waals surface area contributed by atoms with Crippen LogP contribution in [0.25, 0.3) is 0 Å². The Labute approximate surface area is 115 Å². The first-order valence-corrected chi connectivity index (χ1v) is 8.30. The van der Waals surface area contributed by atoms with E-state index in [1.807, 2.05) is 0 Å². The van der Waals surface area contributed by atoms with Gasteiger partial charge in [-0.15, -0.1) is 0 Å². The maximum absolute atomic E-state index is 2.76. The first-order chi connectivity index (χ1) is 8.56. The summed E-state index contributed by atoms with van der Waals surface area (Å²) in [5, 5.41) is 0. The molecule has 0 aliphatic carbocycles. The maximum atomic E-state index is 2.76. The quantitative estimate of drug-likeness (QED) is 0.605. The number of unbranched alkanes of at least 4 members (excludes halogenated alkanes) is 4. The molecule has 108 valence electrons. The van der Waals surface area contributed by atoms with Crippen LogP contribution in [0.2, 0.25) is 0 Å². The molecule has 0 aromatic heterocycles. The monoisotopic (exact) mass is 253 g/mol. The van der Waals surface area contributed by atoms with Gasteiger partial charge in [-0.1, -0.05) is 53.4 Å². The number of likely N-dealkylation sites (tertiary alicyclic amines) is 1. The van der Waals surface area contributed by atoms with E-state index in [4.69, 9.17) is 0 Å². The Morgan fingerprint density at radius 3 is 2.22 bits per heavy atom. The normalized spacial score (nSPS) is 34.5. The largest absolute Gasteiger partial charge is 0.300 e. The molecule has 1 heterocycles. The third-order valence-electron chi connectivity index (χ3n) is 5.20. The van der Waals surface area contributed by atoms with Gasteiger partial charge in [-0.2, -0.15) is 0 Å². The van der Waals surface area contributed by atoms with Crippen LogP contribution < -0.4 is 0 Å². The van der Waals surface area contributed by atoms with Crippen molar-refractivity contribution in [2.75, 3.05) is 13.1 Å². The van der Waals surface area contributed by atoms with Gasteiger partial charge in [0, 0.05) is 12.6 Å². The standard InChI is InChI=1S/C17H35N/c1-6-7-8-9-10-11-18-13-15(3)17(5)14(2)12-16(18)4/h14-17H,6-13H2,1-5H3.